The zero-order valence-corrected chi connectivity index (χ0v) is 20.1. The molecule has 0 aliphatic heterocycles. The summed E-state index contributed by atoms with van der Waals surface area (Å²) < 4.78 is 11.6. The lowest BCUT2D eigenvalue weighted by Gasteiger charge is -2.13. The first-order valence-corrected chi connectivity index (χ1v) is 11.2. The molecule has 0 atom stereocenters. The molecule has 7 nitrogen and oxygen atoms in total. The van der Waals surface area contributed by atoms with Gasteiger partial charge in [-0.15, -0.1) is 0 Å². The van der Waals surface area contributed by atoms with Gasteiger partial charge in [0.2, 0.25) is 5.91 Å². The summed E-state index contributed by atoms with van der Waals surface area (Å²) in [4.78, 5) is 23.4. The number of anilines is 1. The summed E-state index contributed by atoms with van der Waals surface area (Å²) in [5.41, 5.74) is 5.00. The highest BCUT2D eigenvalue weighted by Gasteiger charge is 2.09. The van der Waals surface area contributed by atoms with Gasteiger partial charge in [-0.25, -0.2) is 5.43 Å². The maximum atomic E-state index is 12.3. The van der Waals surface area contributed by atoms with Crippen LogP contribution in [0.5, 0.6) is 11.5 Å². The van der Waals surface area contributed by atoms with Gasteiger partial charge in [-0.05, 0) is 67.1 Å². The van der Waals surface area contributed by atoms with Crippen LogP contribution in [0.3, 0.4) is 0 Å². The fourth-order valence-electron chi connectivity index (χ4n) is 2.92. The van der Waals surface area contributed by atoms with Crippen molar-refractivity contribution in [2.45, 2.75) is 20.5 Å². The predicted octanol–water partition coefficient (Wildman–Crippen LogP) is 5.69. The van der Waals surface area contributed by atoms with Crippen LogP contribution in [0, 0.1) is 0 Å². The number of benzene rings is 3. The number of rotatable bonds is 9. The molecule has 176 valence electrons. The molecule has 0 aliphatic rings. The Bertz CT molecular complexity index is 1200. The first-order chi connectivity index (χ1) is 16.4. The van der Waals surface area contributed by atoms with Crippen LogP contribution in [0.1, 0.15) is 35.3 Å². The Morgan fingerprint density at radius 2 is 1.74 bits per heavy atom. The van der Waals surface area contributed by atoms with E-state index in [4.69, 9.17) is 32.7 Å². The predicted molar refractivity (Wildman–Crippen MR) is 134 cm³/mol. The lowest BCUT2D eigenvalue weighted by Crippen LogP contribution is -2.17. The molecule has 0 saturated carbocycles. The topological polar surface area (TPSA) is 89.0 Å². The molecule has 0 aliphatic carbocycles. The summed E-state index contributed by atoms with van der Waals surface area (Å²) in [5.74, 6) is 0.526. The Morgan fingerprint density at radius 3 is 2.41 bits per heavy atom. The van der Waals surface area contributed by atoms with Gasteiger partial charge < -0.3 is 14.8 Å². The van der Waals surface area contributed by atoms with Crippen LogP contribution in [0.25, 0.3) is 0 Å². The second kappa shape index (κ2) is 12.1. The molecule has 0 heterocycles. The van der Waals surface area contributed by atoms with E-state index in [1.807, 2.05) is 13.0 Å². The number of amides is 2. The minimum atomic E-state index is -0.379. The molecule has 0 bridgehead atoms. The number of carbonyl (C=O) groups excluding carboxylic acids is 2. The van der Waals surface area contributed by atoms with Crippen molar-refractivity contribution in [1.82, 2.24) is 5.43 Å². The second-order valence-corrected chi connectivity index (χ2v) is 7.96. The van der Waals surface area contributed by atoms with Crippen molar-refractivity contribution in [3.8, 4) is 11.5 Å². The van der Waals surface area contributed by atoms with Crippen molar-refractivity contribution < 1.29 is 19.1 Å². The van der Waals surface area contributed by atoms with Crippen LogP contribution in [-0.4, -0.2) is 24.6 Å². The zero-order chi connectivity index (χ0) is 24.5. The molecule has 0 spiro atoms. The van der Waals surface area contributed by atoms with E-state index in [-0.39, 0.29) is 18.4 Å². The molecule has 2 N–H and O–H groups in total. The molecule has 0 radical (unpaired) electrons. The quantitative estimate of drug-likeness (QED) is 0.292. The Balaban J connectivity index is 1.63. The number of halogens is 2. The molecule has 0 unspecified atom stereocenters. The molecule has 9 heteroatoms. The minimum Gasteiger partial charge on any atom is -0.490 e. The molecule has 3 aromatic carbocycles. The number of hydrazone groups is 1. The Labute approximate surface area is 207 Å². The first kappa shape index (κ1) is 25.1. The van der Waals surface area contributed by atoms with Crippen molar-refractivity contribution in [2.75, 3.05) is 11.9 Å². The third kappa shape index (κ3) is 7.23. The van der Waals surface area contributed by atoms with E-state index in [1.54, 1.807) is 54.6 Å². The van der Waals surface area contributed by atoms with Crippen LogP contribution in [-0.2, 0) is 11.4 Å². The van der Waals surface area contributed by atoms with Crippen molar-refractivity contribution in [2.24, 2.45) is 5.10 Å². The average Bonchev–Trinajstić information content (AvgIpc) is 2.80. The average molecular weight is 500 g/mol. The van der Waals surface area contributed by atoms with Gasteiger partial charge in [-0.1, -0.05) is 29.3 Å². The standard InChI is InChI=1S/C25H23Cl2N3O4/c1-3-33-24-12-17(4-11-23(24)34-15-19-5-8-20(26)13-22(19)27)14-28-30-25(32)18-6-9-21(10-7-18)29-16(2)31/h4-14H,3,15H2,1-2H3,(H,29,31)(H,30,32). The molecular formula is C25H23Cl2N3O4. The van der Waals surface area contributed by atoms with Crippen LogP contribution in [0.4, 0.5) is 5.69 Å². The van der Waals surface area contributed by atoms with Crippen LogP contribution in [0.15, 0.2) is 65.8 Å². The van der Waals surface area contributed by atoms with Crippen molar-refractivity contribution in [1.29, 1.82) is 0 Å². The fraction of sp³-hybridized carbons (Fsp3) is 0.160. The first-order valence-electron chi connectivity index (χ1n) is 10.4. The maximum absolute atomic E-state index is 12.3. The van der Waals surface area contributed by atoms with Gasteiger partial charge in [0.05, 0.1) is 12.8 Å². The van der Waals surface area contributed by atoms with E-state index < -0.39 is 0 Å². The molecule has 34 heavy (non-hydrogen) atoms. The van der Waals surface area contributed by atoms with Gasteiger partial charge in [0.25, 0.3) is 5.91 Å². The van der Waals surface area contributed by atoms with E-state index >= 15 is 0 Å². The number of ether oxygens (including phenoxy) is 2. The molecule has 2 amide bonds. The summed E-state index contributed by atoms with van der Waals surface area (Å²) in [5, 5.41) is 7.74. The smallest absolute Gasteiger partial charge is 0.271 e. The SMILES string of the molecule is CCOc1cc(C=NNC(=O)c2ccc(NC(C)=O)cc2)ccc1OCc1ccc(Cl)cc1Cl. The Kier molecular flexibility index (Phi) is 8.90. The summed E-state index contributed by atoms with van der Waals surface area (Å²) in [7, 11) is 0. The van der Waals surface area contributed by atoms with Crippen molar-refractivity contribution in [3.05, 3.63) is 87.4 Å². The van der Waals surface area contributed by atoms with Gasteiger partial charge in [-0.2, -0.15) is 5.10 Å². The van der Waals surface area contributed by atoms with Crippen LogP contribution >= 0.6 is 23.2 Å². The lowest BCUT2D eigenvalue weighted by atomic mass is 10.2. The van der Waals surface area contributed by atoms with Crippen molar-refractivity contribution in [3.63, 3.8) is 0 Å². The summed E-state index contributed by atoms with van der Waals surface area (Å²) >= 11 is 12.2. The van der Waals surface area contributed by atoms with Gasteiger partial charge >= 0.3 is 0 Å². The molecule has 3 aromatic rings. The zero-order valence-electron chi connectivity index (χ0n) is 18.6. The number of hydrogen-bond donors (Lipinski definition) is 2. The third-order valence-electron chi connectivity index (χ3n) is 4.51. The van der Waals surface area contributed by atoms with Gasteiger partial charge in [-0.3, -0.25) is 9.59 Å². The monoisotopic (exact) mass is 499 g/mol. The fourth-order valence-corrected chi connectivity index (χ4v) is 3.39. The number of nitrogens with zero attached hydrogens (tertiary/aromatic N) is 1. The van der Waals surface area contributed by atoms with E-state index in [2.05, 4.69) is 15.8 Å². The summed E-state index contributed by atoms with van der Waals surface area (Å²) in [6.45, 7) is 3.99. The summed E-state index contributed by atoms with van der Waals surface area (Å²) in [6, 6.07) is 17.0. The van der Waals surface area contributed by atoms with E-state index in [0.717, 1.165) is 5.56 Å². The molecule has 3 rings (SSSR count). The molecule has 0 fully saturated rings. The Morgan fingerprint density at radius 1 is 0.971 bits per heavy atom. The second-order valence-electron chi connectivity index (χ2n) is 7.12. The highest BCUT2D eigenvalue weighted by Crippen LogP contribution is 2.30. The van der Waals surface area contributed by atoms with E-state index in [0.29, 0.717) is 45.0 Å². The third-order valence-corrected chi connectivity index (χ3v) is 5.10. The van der Waals surface area contributed by atoms with E-state index in [1.165, 1.54) is 13.1 Å². The van der Waals surface area contributed by atoms with Crippen LogP contribution in [0.2, 0.25) is 10.0 Å². The van der Waals surface area contributed by atoms with Crippen molar-refractivity contribution >= 4 is 46.9 Å². The number of hydrogen-bond acceptors (Lipinski definition) is 5. The highest BCUT2D eigenvalue weighted by molar-refractivity contribution is 6.35. The van der Waals surface area contributed by atoms with Gasteiger partial charge in [0.1, 0.15) is 6.61 Å². The molecule has 0 saturated heterocycles. The Hall–Kier alpha value is -3.55. The van der Waals surface area contributed by atoms with Crippen LogP contribution < -0.4 is 20.2 Å². The lowest BCUT2D eigenvalue weighted by molar-refractivity contribution is -0.114. The normalized spacial score (nSPS) is 10.7. The molecule has 0 aromatic heterocycles. The van der Waals surface area contributed by atoms with Gasteiger partial charge in [0.15, 0.2) is 11.5 Å². The highest BCUT2D eigenvalue weighted by atomic mass is 35.5. The number of nitrogens with one attached hydrogen (secondary N) is 2. The maximum Gasteiger partial charge on any atom is 0.271 e. The van der Waals surface area contributed by atoms with E-state index in [9.17, 15) is 9.59 Å². The van der Waals surface area contributed by atoms with Gasteiger partial charge in [0, 0.05) is 33.8 Å². The number of carbonyl (C=O) groups is 2. The molecular weight excluding hydrogens is 477 g/mol. The largest absolute Gasteiger partial charge is 0.490 e. The summed E-state index contributed by atoms with van der Waals surface area (Å²) in [6.07, 6.45) is 1.51. The minimum absolute atomic E-state index is 0.182.